The minimum absolute atomic E-state index is 0.102. The van der Waals surface area contributed by atoms with Gasteiger partial charge in [-0.25, -0.2) is 0 Å². The van der Waals surface area contributed by atoms with Crippen molar-refractivity contribution in [1.29, 1.82) is 0 Å². The van der Waals surface area contributed by atoms with Crippen LogP contribution in [0.15, 0.2) is 42.5 Å². The summed E-state index contributed by atoms with van der Waals surface area (Å²) in [6, 6.07) is 11.3. The summed E-state index contributed by atoms with van der Waals surface area (Å²) in [7, 11) is 0.102. The Morgan fingerprint density at radius 1 is 0.571 bits per heavy atom. The molecule has 0 radical (unpaired) electrons. The van der Waals surface area contributed by atoms with Gasteiger partial charge in [0.25, 0.3) is 0 Å². The molecule has 0 fully saturated rings. The van der Waals surface area contributed by atoms with Crippen molar-refractivity contribution >= 4 is 13.2 Å². The normalized spacial score (nSPS) is 22.1. The van der Waals surface area contributed by atoms with Crippen molar-refractivity contribution in [2.24, 2.45) is 0 Å². The molecule has 0 N–H and O–H groups in total. The van der Waals surface area contributed by atoms with Crippen molar-refractivity contribution in [1.82, 2.24) is 0 Å². The van der Waals surface area contributed by atoms with E-state index < -0.39 is 0 Å². The summed E-state index contributed by atoms with van der Waals surface area (Å²) in [4.78, 5) is 0. The molecule has 1 heteroatoms. The van der Waals surface area contributed by atoms with Gasteiger partial charge in [-0.2, -0.15) is 0 Å². The standard InChI is InChI=1S/C20H31P/c1-2-4-6-8-10-15-19-21(18-14-9-7-5-3-1)20-16-12-11-13-17-20/h1-2,11-13,16-17H,3-10,14-15,18-19H2/b2-1+. The van der Waals surface area contributed by atoms with Gasteiger partial charge >= 0.3 is 0 Å². The van der Waals surface area contributed by atoms with Crippen molar-refractivity contribution in [3.05, 3.63) is 42.5 Å². The lowest BCUT2D eigenvalue weighted by Gasteiger charge is -2.18. The second-order valence-electron chi connectivity index (χ2n) is 6.20. The summed E-state index contributed by atoms with van der Waals surface area (Å²) in [5, 5.41) is 1.64. The van der Waals surface area contributed by atoms with E-state index in [1.807, 2.05) is 0 Å². The van der Waals surface area contributed by atoms with Gasteiger partial charge in [0, 0.05) is 0 Å². The Morgan fingerprint density at radius 3 is 1.67 bits per heavy atom. The van der Waals surface area contributed by atoms with Crippen molar-refractivity contribution in [2.75, 3.05) is 12.3 Å². The molecule has 0 atom stereocenters. The molecule has 1 aliphatic heterocycles. The molecule has 1 aromatic rings. The van der Waals surface area contributed by atoms with Gasteiger partial charge in [0.05, 0.1) is 0 Å². The fourth-order valence-electron chi connectivity index (χ4n) is 3.08. The van der Waals surface area contributed by atoms with Gasteiger partial charge in [-0.1, -0.05) is 76.1 Å². The number of benzene rings is 1. The third-order valence-electron chi connectivity index (χ3n) is 4.39. The highest BCUT2D eigenvalue weighted by molar-refractivity contribution is 7.65. The highest BCUT2D eigenvalue weighted by Crippen LogP contribution is 2.37. The van der Waals surface area contributed by atoms with Crippen LogP contribution in [-0.4, -0.2) is 12.3 Å². The third kappa shape index (κ3) is 7.28. The van der Waals surface area contributed by atoms with E-state index in [9.17, 15) is 0 Å². The maximum Gasteiger partial charge on any atom is -0.0240 e. The molecule has 0 aliphatic carbocycles. The van der Waals surface area contributed by atoms with Crippen LogP contribution in [0.1, 0.15) is 64.2 Å². The monoisotopic (exact) mass is 302 g/mol. The van der Waals surface area contributed by atoms with Gasteiger partial charge in [0.1, 0.15) is 0 Å². The van der Waals surface area contributed by atoms with Gasteiger partial charge in [0.15, 0.2) is 0 Å². The number of rotatable bonds is 1. The average Bonchev–Trinajstić information content (AvgIpc) is 2.54. The first-order chi connectivity index (χ1) is 10.5. The van der Waals surface area contributed by atoms with Crippen LogP contribution in [0.3, 0.4) is 0 Å². The maximum atomic E-state index is 2.41. The van der Waals surface area contributed by atoms with Gasteiger partial charge in [0.2, 0.25) is 0 Å². The van der Waals surface area contributed by atoms with Gasteiger partial charge < -0.3 is 0 Å². The van der Waals surface area contributed by atoms with Crippen LogP contribution in [-0.2, 0) is 0 Å². The molecule has 0 nitrogen and oxygen atoms in total. The minimum Gasteiger partial charge on any atom is -0.0885 e. The Bertz CT molecular complexity index is 364. The van der Waals surface area contributed by atoms with Gasteiger partial charge in [-0.05, 0) is 56.2 Å². The van der Waals surface area contributed by atoms with Crippen molar-refractivity contribution in [2.45, 2.75) is 64.2 Å². The number of hydrogen-bond acceptors (Lipinski definition) is 0. The van der Waals surface area contributed by atoms with Crippen LogP contribution >= 0.6 is 7.92 Å². The molecule has 1 aromatic carbocycles. The first-order valence-electron chi connectivity index (χ1n) is 8.92. The number of hydrogen-bond donors (Lipinski definition) is 0. The van der Waals surface area contributed by atoms with E-state index in [0.29, 0.717) is 0 Å². The Morgan fingerprint density at radius 2 is 1.10 bits per heavy atom. The van der Waals surface area contributed by atoms with E-state index in [0.717, 1.165) is 0 Å². The number of allylic oxidation sites excluding steroid dienone is 2. The van der Waals surface area contributed by atoms with Crippen LogP contribution in [0.4, 0.5) is 0 Å². The molecule has 0 amide bonds. The molecule has 21 heavy (non-hydrogen) atoms. The molecule has 1 heterocycles. The van der Waals surface area contributed by atoms with Crippen molar-refractivity contribution < 1.29 is 0 Å². The summed E-state index contributed by atoms with van der Waals surface area (Å²) >= 11 is 0. The van der Waals surface area contributed by atoms with Crippen LogP contribution < -0.4 is 5.30 Å². The largest absolute Gasteiger partial charge is 0.0885 e. The molecular formula is C20H31P. The van der Waals surface area contributed by atoms with Crippen LogP contribution in [0.5, 0.6) is 0 Å². The van der Waals surface area contributed by atoms with E-state index in [1.54, 1.807) is 5.30 Å². The second-order valence-corrected chi connectivity index (χ2v) is 8.69. The molecule has 0 unspecified atom stereocenters. The summed E-state index contributed by atoms with van der Waals surface area (Å²) in [5.74, 6) is 0. The molecule has 0 spiro atoms. The zero-order valence-corrected chi connectivity index (χ0v) is 14.4. The lowest BCUT2D eigenvalue weighted by atomic mass is 10.1. The first kappa shape index (κ1) is 16.8. The molecule has 0 saturated heterocycles. The summed E-state index contributed by atoms with van der Waals surface area (Å²) < 4.78 is 0. The molecule has 116 valence electrons. The third-order valence-corrected chi connectivity index (χ3v) is 7.13. The molecule has 1 aliphatic rings. The van der Waals surface area contributed by atoms with Crippen LogP contribution in [0.2, 0.25) is 0 Å². The summed E-state index contributed by atoms with van der Waals surface area (Å²) in [6.07, 6.45) is 21.7. The van der Waals surface area contributed by atoms with Crippen LogP contribution in [0, 0.1) is 0 Å². The topological polar surface area (TPSA) is 0 Å². The average molecular weight is 302 g/mol. The fourth-order valence-corrected chi connectivity index (χ4v) is 5.63. The summed E-state index contributed by atoms with van der Waals surface area (Å²) in [5.41, 5.74) is 0. The summed E-state index contributed by atoms with van der Waals surface area (Å²) in [6.45, 7) is 0. The Hall–Kier alpha value is -0.610. The van der Waals surface area contributed by atoms with E-state index >= 15 is 0 Å². The maximum absolute atomic E-state index is 2.41. The van der Waals surface area contributed by atoms with Gasteiger partial charge in [-0.15, -0.1) is 0 Å². The highest BCUT2D eigenvalue weighted by atomic mass is 31.1. The zero-order chi connectivity index (χ0) is 14.6. The predicted molar refractivity (Wildman–Crippen MR) is 98.0 cm³/mol. The molecule has 0 aromatic heterocycles. The van der Waals surface area contributed by atoms with Gasteiger partial charge in [-0.3, -0.25) is 0 Å². The predicted octanol–water partition coefficient (Wildman–Crippen LogP) is 6.26. The minimum atomic E-state index is 0.102. The zero-order valence-electron chi connectivity index (χ0n) is 13.5. The van der Waals surface area contributed by atoms with E-state index in [-0.39, 0.29) is 7.92 Å². The quantitative estimate of drug-likeness (QED) is 0.424. The van der Waals surface area contributed by atoms with E-state index in [2.05, 4.69) is 42.5 Å². The van der Waals surface area contributed by atoms with E-state index in [1.165, 1.54) is 76.5 Å². The Labute approximate surface area is 132 Å². The SMILES string of the molecule is C1=C/CCCCCCP(c2ccccc2)CCCCCC/1. The molecule has 0 bridgehead atoms. The lowest BCUT2D eigenvalue weighted by molar-refractivity contribution is 0.674. The smallest absolute Gasteiger partial charge is 0.0240 e. The van der Waals surface area contributed by atoms with Crippen molar-refractivity contribution in [3.63, 3.8) is 0 Å². The molecule has 2 rings (SSSR count). The molecule has 0 saturated carbocycles. The van der Waals surface area contributed by atoms with E-state index in [4.69, 9.17) is 0 Å². The second kappa shape index (κ2) is 11.0. The first-order valence-corrected chi connectivity index (χ1v) is 10.6. The van der Waals surface area contributed by atoms with Crippen LogP contribution in [0.25, 0.3) is 0 Å². The Kier molecular flexibility index (Phi) is 8.80. The highest BCUT2D eigenvalue weighted by Gasteiger charge is 2.10. The van der Waals surface area contributed by atoms with Crippen molar-refractivity contribution in [3.8, 4) is 0 Å². The fraction of sp³-hybridized carbons (Fsp3) is 0.600. The lowest BCUT2D eigenvalue weighted by Crippen LogP contribution is -2.06. The molecular weight excluding hydrogens is 271 g/mol. The Balaban J connectivity index is 1.85.